The number of rotatable bonds is 7. The van der Waals surface area contributed by atoms with Crippen LogP contribution in [0.3, 0.4) is 0 Å². The Bertz CT molecular complexity index is 732. The Morgan fingerprint density at radius 1 is 0.621 bits per heavy atom. The number of hydrogen-bond acceptors (Lipinski definition) is 1. The van der Waals surface area contributed by atoms with E-state index in [-0.39, 0.29) is 0 Å². The average molecular weight is 481 g/mol. The lowest BCUT2D eigenvalue weighted by molar-refractivity contribution is -0.447. The summed E-state index contributed by atoms with van der Waals surface area (Å²) in [6, 6.07) is 1.47. The monoisotopic (exact) mass is 481 g/mol. The molecule has 0 N–H and O–H groups in total. The summed E-state index contributed by atoms with van der Waals surface area (Å²) in [5.41, 5.74) is 0. The molecule has 0 saturated carbocycles. The molecular formula is C12H6F15NS. The van der Waals surface area contributed by atoms with Crippen molar-refractivity contribution in [2.45, 2.75) is 46.1 Å². The predicted octanol–water partition coefficient (Wildman–Crippen LogP) is 6.45. The standard InChI is InChI=1S/C12H6F15NS/c1-28-4-2-3-5(28)29-12(26,27)10(21,22)8(17,18)6(13,14)7(15,16)9(19,20)11(23,24)25/h2-4H,1H3. The summed E-state index contributed by atoms with van der Waals surface area (Å²) in [5, 5.41) is -7.34. The summed E-state index contributed by atoms with van der Waals surface area (Å²) in [4.78, 5) is 0. The van der Waals surface area contributed by atoms with E-state index < -0.39 is 57.8 Å². The highest BCUT2D eigenvalue weighted by molar-refractivity contribution is 8.00. The number of aryl methyl sites for hydroxylation is 1. The zero-order valence-corrected chi connectivity index (χ0v) is 14.1. The van der Waals surface area contributed by atoms with Crippen molar-refractivity contribution in [3.05, 3.63) is 18.3 Å². The molecule has 29 heavy (non-hydrogen) atoms. The first kappa shape index (κ1) is 25.6. The van der Waals surface area contributed by atoms with Crippen molar-refractivity contribution < 1.29 is 65.9 Å². The lowest BCUT2D eigenvalue weighted by atomic mass is 9.94. The molecular weight excluding hydrogens is 475 g/mol. The Morgan fingerprint density at radius 3 is 1.34 bits per heavy atom. The van der Waals surface area contributed by atoms with Crippen LogP contribution < -0.4 is 0 Å². The first-order chi connectivity index (χ1) is 12.5. The fraction of sp³-hybridized carbons (Fsp3) is 0.667. The number of thioether (sulfide) groups is 1. The molecule has 0 atom stereocenters. The second-order valence-corrected chi connectivity index (χ2v) is 6.58. The van der Waals surface area contributed by atoms with Gasteiger partial charge in [0, 0.05) is 13.2 Å². The Morgan fingerprint density at radius 2 is 1.00 bits per heavy atom. The highest BCUT2D eigenvalue weighted by atomic mass is 32.2. The molecule has 0 aliphatic carbocycles. The third-order valence-electron chi connectivity index (χ3n) is 3.43. The average Bonchev–Trinajstić information content (AvgIpc) is 2.89. The second-order valence-electron chi connectivity index (χ2n) is 5.45. The molecule has 1 rings (SSSR count). The summed E-state index contributed by atoms with van der Waals surface area (Å²) < 4.78 is 195. The first-order valence-corrected chi connectivity index (χ1v) is 7.44. The second kappa shape index (κ2) is 6.80. The quantitative estimate of drug-likeness (QED) is 0.320. The van der Waals surface area contributed by atoms with Crippen LogP contribution in [-0.2, 0) is 7.05 Å². The molecule has 1 heterocycles. The molecule has 0 aliphatic heterocycles. The van der Waals surface area contributed by atoms with E-state index in [1.165, 1.54) is 0 Å². The van der Waals surface area contributed by atoms with Gasteiger partial charge in [-0.1, -0.05) is 0 Å². The molecule has 0 saturated heterocycles. The van der Waals surface area contributed by atoms with Gasteiger partial charge in [-0.15, -0.1) is 0 Å². The van der Waals surface area contributed by atoms with E-state index >= 15 is 0 Å². The first-order valence-electron chi connectivity index (χ1n) is 6.63. The van der Waals surface area contributed by atoms with Crippen molar-refractivity contribution in [1.82, 2.24) is 4.57 Å². The summed E-state index contributed by atoms with van der Waals surface area (Å²) in [6.07, 6.45) is -6.72. The van der Waals surface area contributed by atoms with Crippen LogP contribution in [-0.4, -0.2) is 45.6 Å². The van der Waals surface area contributed by atoms with Crippen molar-refractivity contribution in [3.8, 4) is 0 Å². The molecule has 0 radical (unpaired) electrons. The number of nitrogens with zero attached hydrogens (tertiary/aromatic N) is 1. The Labute approximate surface area is 154 Å². The van der Waals surface area contributed by atoms with Crippen molar-refractivity contribution >= 4 is 11.8 Å². The molecule has 0 aromatic carbocycles. The van der Waals surface area contributed by atoms with Gasteiger partial charge in [0.15, 0.2) is 0 Å². The zero-order valence-electron chi connectivity index (χ0n) is 13.3. The minimum absolute atomic E-state index is 0.581. The molecule has 1 aromatic rings. The SMILES string of the molecule is Cn1cccc1SC(F)(F)C(F)(F)C(F)(F)C(F)(F)C(F)(F)C(F)(F)C(F)(F)F. The summed E-state index contributed by atoms with van der Waals surface area (Å²) >= 11 is -1.54. The van der Waals surface area contributed by atoms with Crippen LogP contribution in [0.4, 0.5) is 65.9 Å². The number of aromatic nitrogens is 1. The van der Waals surface area contributed by atoms with Crippen LogP contribution in [0.2, 0.25) is 0 Å². The largest absolute Gasteiger partial charge is 0.460 e. The van der Waals surface area contributed by atoms with Crippen LogP contribution >= 0.6 is 11.8 Å². The highest BCUT2D eigenvalue weighted by Gasteiger charge is 2.93. The van der Waals surface area contributed by atoms with Gasteiger partial charge in [-0.05, 0) is 23.9 Å². The molecule has 0 bridgehead atoms. The van der Waals surface area contributed by atoms with Crippen LogP contribution in [0.25, 0.3) is 0 Å². The lowest BCUT2D eigenvalue weighted by Gasteiger charge is -2.41. The van der Waals surface area contributed by atoms with Gasteiger partial charge in [0.1, 0.15) is 0 Å². The van der Waals surface area contributed by atoms with E-state index in [0.29, 0.717) is 10.6 Å². The van der Waals surface area contributed by atoms with Crippen LogP contribution in [0.1, 0.15) is 0 Å². The van der Waals surface area contributed by atoms with Gasteiger partial charge in [-0.25, -0.2) is 0 Å². The van der Waals surface area contributed by atoms with E-state index in [1.54, 1.807) is 0 Å². The van der Waals surface area contributed by atoms with Crippen molar-refractivity contribution in [2.24, 2.45) is 7.05 Å². The smallest absolute Gasteiger partial charge is 0.346 e. The van der Waals surface area contributed by atoms with Crippen molar-refractivity contribution in [1.29, 1.82) is 0 Å². The number of alkyl halides is 15. The molecule has 0 aliphatic rings. The fourth-order valence-electron chi connectivity index (χ4n) is 1.70. The summed E-state index contributed by atoms with van der Waals surface area (Å²) in [6.45, 7) is 0. The van der Waals surface area contributed by atoms with Gasteiger partial charge in [-0.2, -0.15) is 65.9 Å². The Balaban J connectivity index is 3.51. The molecule has 0 fully saturated rings. The Hall–Kier alpha value is -1.42. The molecule has 17 heteroatoms. The van der Waals surface area contributed by atoms with Crippen LogP contribution in [0, 0.1) is 0 Å². The zero-order chi connectivity index (χ0) is 23.5. The molecule has 1 nitrogen and oxygen atoms in total. The maximum absolute atomic E-state index is 13.6. The maximum atomic E-state index is 13.6. The number of hydrogen-bond donors (Lipinski definition) is 0. The molecule has 0 spiro atoms. The molecule has 1 aromatic heterocycles. The minimum Gasteiger partial charge on any atom is -0.346 e. The van der Waals surface area contributed by atoms with Gasteiger partial charge >= 0.3 is 41.0 Å². The Kier molecular flexibility index (Phi) is 6.01. The van der Waals surface area contributed by atoms with Gasteiger partial charge in [-0.3, -0.25) is 0 Å². The van der Waals surface area contributed by atoms with Crippen molar-refractivity contribution in [3.63, 3.8) is 0 Å². The van der Waals surface area contributed by atoms with Crippen LogP contribution in [0.5, 0.6) is 0 Å². The highest BCUT2D eigenvalue weighted by Crippen LogP contribution is 2.64. The molecule has 0 amide bonds. The molecule has 170 valence electrons. The van der Waals surface area contributed by atoms with E-state index in [2.05, 4.69) is 0 Å². The lowest BCUT2D eigenvalue weighted by Crippen LogP contribution is -2.72. The molecule has 0 unspecified atom stereocenters. The summed E-state index contributed by atoms with van der Waals surface area (Å²) in [5.74, 6) is -40.0. The van der Waals surface area contributed by atoms with Crippen molar-refractivity contribution in [2.75, 3.05) is 0 Å². The van der Waals surface area contributed by atoms with E-state index in [9.17, 15) is 65.9 Å². The van der Waals surface area contributed by atoms with E-state index in [4.69, 9.17) is 0 Å². The van der Waals surface area contributed by atoms with E-state index in [1.807, 2.05) is 0 Å². The topological polar surface area (TPSA) is 4.93 Å². The third kappa shape index (κ3) is 3.52. The van der Waals surface area contributed by atoms with Gasteiger partial charge in [0.25, 0.3) is 0 Å². The van der Waals surface area contributed by atoms with E-state index in [0.717, 1.165) is 19.3 Å². The predicted molar refractivity (Wildman–Crippen MR) is 67.0 cm³/mol. The minimum atomic E-state index is -8.26. The summed E-state index contributed by atoms with van der Waals surface area (Å²) in [7, 11) is 0.890. The third-order valence-corrected chi connectivity index (χ3v) is 4.57. The van der Waals surface area contributed by atoms with Crippen LogP contribution in [0.15, 0.2) is 23.4 Å². The van der Waals surface area contributed by atoms with Gasteiger partial charge in [0.05, 0.1) is 5.03 Å². The normalized spacial score (nSPS) is 15.7. The van der Waals surface area contributed by atoms with Gasteiger partial charge < -0.3 is 4.57 Å². The fourth-order valence-corrected chi connectivity index (χ4v) is 2.57. The van der Waals surface area contributed by atoms with Gasteiger partial charge in [0.2, 0.25) is 0 Å². The number of halogens is 15. The maximum Gasteiger partial charge on any atom is 0.460 e.